The molecule has 2 nitrogen and oxygen atoms in total. The van der Waals surface area contributed by atoms with Crippen molar-refractivity contribution in [2.45, 2.75) is 90.4 Å². The number of para-hydroxylation sites is 1. The second-order valence-electron chi connectivity index (χ2n) is 15.1. The van der Waals surface area contributed by atoms with Crippen LogP contribution in [0.2, 0.25) is 0 Å². The third-order valence-corrected chi connectivity index (χ3v) is 12.3. The molecule has 0 saturated carbocycles. The maximum atomic E-state index is 6.12. The van der Waals surface area contributed by atoms with Crippen LogP contribution < -0.4 is 4.90 Å². The van der Waals surface area contributed by atoms with E-state index in [0.717, 1.165) is 25.2 Å². The van der Waals surface area contributed by atoms with Crippen LogP contribution in [-0.2, 0) is 45.0 Å². The number of hydrogen-bond acceptors (Lipinski definition) is 2. The molecule has 0 amide bonds. The molecule has 5 heteroatoms. The van der Waals surface area contributed by atoms with Crippen molar-refractivity contribution in [1.82, 2.24) is 4.90 Å². The van der Waals surface area contributed by atoms with Gasteiger partial charge in [-0.15, -0.1) is 5.41 Å². The molecule has 5 aromatic carbocycles. The fraction of sp³-hybridized carbons (Fsp3) is 0.304. The number of anilines is 1. The zero-order valence-electron chi connectivity index (χ0n) is 30.6. The van der Waals surface area contributed by atoms with Crippen LogP contribution in [0.4, 0.5) is 5.69 Å². The van der Waals surface area contributed by atoms with Crippen LogP contribution in [0.5, 0.6) is 0 Å². The molecule has 0 unspecified atom stereocenters. The van der Waals surface area contributed by atoms with Crippen LogP contribution in [0, 0.1) is 13.5 Å². The second-order valence-corrected chi connectivity index (χ2v) is 20.8. The summed E-state index contributed by atoms with van der Waals surface area (Å²) in [5.41, 5.74) is 12.8. The number of rotatable bonds is 9. The fourth-order valence-electron chi connectivity index (χ4n) is 8.16. The average molecular weight is 804 g/mol. The van der Waals surface area contributed by atoms with Crippen LogP contribution in [-0.4, -0.2) is 15.0 Å². The number of halogens is 2. The van der Waals surface area contributed by atoms with E-state index in [4.69, 9.17) is 19.4 Å². The molecule has 1 spiro atoms. The molecule has 1 saturated heterocycles. The summed E-state index contributed by atoms with van der Waals surface area (Å²) in [6.45, 7) is 16.9. The molecule has 1 aliphatic heterocycles. The molecule has 0 aromatic heterocycles. The summed E-state index contributed by atoms with van der Waals surface area (Å²) in [5, 5.41) is 0. The molecule has 1 fully saturated rings. The van der Waals surface area contributed by atoms with Crippen LogP contribution >= 0.6 is 19.4 Å². The predicted molar refractivity (Wildman–Crippen MR) is 216 cm³/mol. The van der Waals surface area contributed by atoms with E-state index in [1.165, 1.54) is 52.8 Å². The Kier molecular flexibility index (Phi) is 12.4. The minimum absolute atomic E-state index is 0.132. The normalized spacial score (nSPS) is 17.7. The second kappa shape index (κ2) is 16.7. The molecule has 1 atom stereocenters. The van der Waals surface area contributed by atoms with Gasteiger partial charge in [-0.3, -0.25) is 0 Å². The topological polar surface area (TPSA) is 6.48 Å². The van der Waals surface area contributed by atoms with Gasteiger partial charge < -0.3 is 4.90 Å². The van der Waals surface area contributed by atoms with Gasteiger partial charge in [-0.05, 0) is 56.2 Å². The minimum atomic E-state index is -1.85. The van der Waals surface area contributed by atoms with E-state index in [1.54, 1.807) is 11.1 Å². The first-order valence-corrected chi connectivity index (χ1v) is 23.6. The Bertz CT molecular complexity index is 1890. The first-order chi connectivity index (χ1) is 24.5. The third-order valence-electron chi connectivity index (χ3n) is 10.4. The Balaban J connectivity index is 0.000000176. The predicted octanol–water partition coefficient (Wildman–Crippen LogP) is 12.1. The summed E-state index contributed by atoms with van der Waals surface area (Å²) >= 11 is -1.85. The van der Waals surface area contributed by atoms with Gasteiger partial charge in [-0.1, -0.05) is 68.3 Å². The SMILES string of the molecule is Cc1cccc(C(C)C)c1N1[CH-][C@]2(CCc3ccccc32)CC1(C)C.[Cl][Ru]([Cl])=[CH]c1ccccc1CN(Cc1ccccc1)Cc1ccccc1. The quantitative estimate of drug-likeness (QED) is 0.108. The van der Waals surface area contributed by atoms with Gasteiger partial charge in [-0.2, -0.15) is 0 Å². The van der Waals surface area contributed by atoms with Gasteiger partial charge in [-0.25, -0.2) is 6.54 Å². The summed E-state index contributed by atoms with van der Waals surface area (Å²) in [6.07, 6.45) is 3.65. The number of fused-ring (bicyclic) bond motifs is 2. The number of benzene rings is 5. The van der Waals surface area contributed by atoms with Crippen LogP contribution in [0.3, 0.4) is 0 Å². The molecule has 5 aromatic rings. The Hall–Kier alpha value is -3.07. The molecule has 1 aliphatic carbocycles. The Morgan fingerprint density at radius 3 is 2.02 bits per heavy atom. The van der Waals surface area contributed by atoms with Crippen molar-refractivity contribution in [2.75, 3.05) is 4.90 Å². The molecule has 7 rings (SSSR count). The van der Waals surface area contributed by atoms with E-state index in [1.807, 2.05) is 10.7 Å². The Morgan fingerprint density at radius 2 is 1.37 bits per heavy atom. The fourth-order valence-corrected chi connectivity index (χ4v) is 10.0. The van der Waals surface area contributed by atoms with Gasteiger partial charge in [0.05, 0.1) is 0 Å². The van der Waals surface area contributed by atoms with Gasteiger partial charge in [0.1, 0.15) is 0 Å². The molecular weight excluding hydrogens is 752 g/mol. The van der Waals surface area contributed by atoms with E-state index in [0.29, 0.717) is 5.92 Å². The summed E-state index contributed by atoms with van der Waals surface area (Å²) in [4.78, 5) is 5.07. The third kappa shape index (κ3) is 9.12. The summed E-state index contributed by atoms with van der Waals surface area (Å²) in [7, 11) is 12.2. The first-order valence-electron chi connectivity index (χ1n) is 18.1. The van der Waals surface area contributed by atoms with Gasteiger partial charge >= 0.3 is 169 Å². The van der Waals surface area contributed by atoms with Crippen molar-refractivity contribution in [3.8, 4) is 0 Å². The standard InChI is InChI=1S/C24H30N.C22H21N.2ClH.Ru/c1-17(2)20-11-8-9-18(3)22(20)25-16-24(15-23(25,4)5)14-13-19-10-6-7-12-21(19)24;1-19-10-8-9-15-22(19)18-23(16-20-11-4-2-5-12-20)17-21-13-6-3-7-14-21;;;/h6-12,16-17H,13-15H2,1-5H3;1-15H,16-18H2;2*1H;/q-1;;;;+2/p-2/t24-;;;;/m0..../s1. The number of aryl methyl sites for hydroxylation is 2. The van der Waals surface area contributed by atoms with Crippen molar-refractivity contribution in [1.29, 1.82) is 0 Å². The zero-order valence-corrected chi connectivity index (χ0v) is 33.9. The zero-order chi connectivity index (χ0) is 36.0. The molecule has 2 aliphatic rings. The van der Waals surface area contributed by atoms with E-state index in [2.05, 4.69) is 172 Å². The molecule has 51 heavy (non-hydrogen) atoms. The van der Waals surface area contributed by atoms with Gasteiger partial charge in [0.15, 0.2) is 0 Å². The van der Waals surface area contributed by atoms with Crippen LogP contribution in [0.25, 0.3) is 0 Å². The first kappa shape index (κ1) is 37.7. The van der Waals surface area contributed by atoms with Crippen molar-refractivity contribution in [3.05, 3.63) is 178 Å². The average Bonchev–Trinajstić information content (AvgIpc) is 3.60. The van der Waals surface area contributed by atoms with Crippen LogP contribution in [0.1, 0.15) is 91.0 Å². The van der Waals surface area contributed by atoms with E-state index >= 15 is 0 Å². The number of hydrogen-bond donors (Lipinski definition) is 0. The Morgan fingerprint density at radius 1 is 0.765 bits per heavy atom. The van der Waals surface area contributed by atoms with Crippen molar-refractivity contribution in [2.24, 2.45) is 0 Å². The molecular formula is C46H51Cl2N2Ru-. The molecule has 0 radical (unpaired) electrons. The Labute approximate surface area is 319 Å². The monoisotopic (exact) mass is 803 g/mol. The van der Waals surface area contributed by atoms with Gasteiger partial charge in [0.2, 0.25) is 0 Å². The van der Waals surface area contributed by atoms with Gasteiger partial charge in [0.25, 0.3) is 0 Å². The molecule has 268 valence electrons. The maximum absolute atomic E-state index is 6.12. The molecule has 0 N–H and O–H groups in total. The van der Waals surface area contributed by atoms with Gasteiger partial charge in [0, 0.05) is 11.2 Å². The van der Waals surface area contributed by atoms with E-state index in [9.17, 15) is 0 Å². The van der Waals surface area contributed by atoms with E-state index in [-0.39, 0.29) is 11.0 Å². The van der Waals surface area contributed by atoms with E-state index < -0.39 is 13.5 Å². The summed E-state index contributed by atoms with van der Waals surface area (Å²) < 4.78 is 2.03. The summed E-state index contributed by atoms with van der Waals surface area (Å²) in [6, 6.07) is 45.4. The van der Waals surface area contributed by atoms with Crippen molar-refractivity contribution < 1.29 is 13.5 Å². The van der Waals surface area contributed by atoms with Crippen LogP contribution in [0.15, 0.2) is 127 Å². The summed E-state index contributed by atoms with van der Waals surface area (Å²) in [5.74, 6) is 0.534. The molecule has 0 bridgehead atoms. The molecule has 1 heterocycles. The number of nitrogens with zero attached hydrogens (tertiary/aromatic N) is 2. The van der Waals surface area contributed by atoms with Crippen molar-refractivity contribution >= 4 is 29.7 Å². The van der Waals surface area contributed by atoms with Crippen molar-refractivity contribution in [3.63, 3.8) is 0 Å².